The first kappa shape index (κ1) is 14.5. The van der Waals surface area contributed by atoms with Crippen molar-refractivity contribution in [2.45, 2.75) is 13.0 Å². The number of carbonyl (C=O) groups excluding carboxylic acids is 1. The molecule has 112 valence electrons. The molecule has 3 aromatic heterocycles. The van der Waals surface area contributed by atoms with E-state index in [1.807, 2.05) is 18.2 Å². The van der Waals surface area contributed by atoms with Gasteiger partial charge in [0.1, 0.15) is 0 Å². The summed E-state index contributed by atoms with van der Waals surface area (Å²) in [5, 5.41) is 2.05. The molecule has 3 heterocycles. The third-order valence-electron chi connectivity index (χ3n) is 3.32. The number of amides is 1. The fourth-order valence-corrected chi connectivity index (χ4v) is 2.92. The van der Waals surface area contributed by atoms with Crippen LogP contribution in [0.25, 0.3) is 0 Å². The first-order chi connectivity index (χ1) is 10.8. The molecule has 0 unspecified atom stereocenters. The third kappa shape index (κ3) is 3.62. The highest BCUT2D eigenvalue weighted by Crippen LogP contribution is 2.14. The van der Waals surface area contributed by atoms with Crippen LogP contribution in [0.1, 0.15) is 21.0 Å². The zero-order valence-electron chi connectivity index (χ0n) is 12.0. The number of nitrogens with zero attached hydrogens (tertiary/aromatic N) is 2. The van der Waals surface area contributed by atoms with Crippen LogP contribution in [-0.4, -0.2) is 22.3 Å². The first-order valence-corrected chi connectivity index (χ1v) is 7.95. The molecule has 3 rings (SSSR count). The van der Waals surface area contributed by atoms with Crippen LogP contribution in [0.15, 0.2) is 64.9 Å². The highest BCUT2D eigenvalue weighted by molar-refractivity contribution is 7.09. The Labute approximate surface area is 133 Å². The molecule has 3 aromatic rings. The van der Waals surface area contributed by atoms with Gasteiger partial charge in [0.25, 0.3) is 5.91 Å². The van der Waals surface area contributed by atoms with Crippen LogP contribution in [0.5, 0.6) is 0 Å². The Morgan fingerprint density at radius 2 is 2.18 bits per heavy atom. The van der Waals surface area contributed by atoms with Gasteiger partial charge in [-0.3, -0.25) is 9.78 Å². The van der Waals surface area contributed by atoms with Crippen molar-refractivity contribution in [3.05, 3.63) is 76.6 Å². The Balaban J connectivity index is 1.74. The molecule has 0 aromatic carbocycles. The maximum absolute atomic E-state index is 12.6. The molecule has 0 fully saturated rings. The van der Waals surface area contributed by atoms with Crippen molar-refractivity contribution < 1.29 is 9.21 Å². The molecular weight excluding hydrogens is 296 g/mol. The highest BCUT2D eigenvalue weighted by atomic mass is 32.1. The second-order valence-electron chi connectivity index (χ2n) is 4.89. The maximum atomic E-state index is 12.6. The number of furan rings is 1. The summed E-state index contributed by atoms with van der Waals surface area (Å²) in [6.07, 6.45) is 5.88. The molecule has 0 aliphatic carbocycles. The van der Waals surface area contributed by atoms with Crippen LogP contribution in [0.2, 0.25) is 0 Å². The number of pyridine rings is 1. The molecule has 0 saturated heterocycles. The van der Waals surface area contributed by atoms with Crippen molar-refractivity contribution >= 4 is 17.2 Å². The fourth-order valence-electron chi connectivity index (χ4n) is 2.22. The molecule has 0 saturated carbocycles. The van der Waals surface area contributed by atoms with Crippen LogP contribution < -0.4 is 0 Å². The Kier molecular flexibility index (Phi) is 4.65. The molecule has 0 aliphatic heterocycles. The molecule has 0 spiro atoms. The Hall–Kier alpha value is -2.40. The summed E-state index contributed by atoms with van der Waals surface area (Å²) >= 11 is 1.71. The molecular formula is C17H16N2O2S. The number of rotatable bonds is 6. The van der Waals surface area contributed by atoms with Crippen molar-refractivity contribution in [2.24, 2.45) is 0 Å². The predicted octanol–water partition coefficient (Wildman–Crippen LogP) is 3.62. The van der Waals surface area contributed by atoms with E-state index in [1.165, 1.54) is 11.1 Å². The minimum atomic E-state index is -0.0922. The van der Waals surface area contributed by atoms with Gasteiger partial charge in [-0.25, -0.2) is 0 Å². The molecule has 0 radical (unpaired) electrons. The number of thiophene rings is 1. The van der Waals surface area contributed by atoms with E-state index in [-0.39, 0.29) is 5.91 Å². The van der Waals surface area contributed by atoms with E-state index in [1.54, 1.807) is 40.8 Å². The Morgan fingerprint density at radius 1 is 1.23 bits per heavy atom. The van der Waals surface area contributed by atoms with Gasteiger partial charge in [0, 0.05) is 30.4 Å². The lowest BCUT2D eigenvalue weighted by Crippen LogP contribution is -2.32. The lowest BCUT2D eigenvalue weighted by atomic mass is 10.2. The summed E-state index contributed by atoms with van der Waals surface area (Å²) in [6, 6.07) is 11.4. The maximum Gasteiger partial charge on any atom is 0.289 e. The molecule has 0 N–H and O–H groups in total. The first-order valence-electron chi connectivity index (χ1n) is 7.07. The van der Waals surface area contributed by atoms with E-state index in [0.29, 0.717) is 18.8 Å². The molecule has 0 aliphatic rings. The lowest BCUT2D eigenvalue weighted by Gasteiger charge is -2.21. The summed E-state index contributed by atoms with van der Waals surface area (Å²) in [7, 11) is 0. The number of hydrogen-bond donors (Lipinski definition) is 0. The van der Waals surface area contributed by atoms with Crippen molar-refractivity contribution in [3.8, 4) is 0 Å². The van der Waals surface area contributed by atoms with Crippen molar-refractivity contribution in [2.75, 3.05) is 6.54 Å². The standard InChI is InChI=1S/C17H16N2O2S/c20-17(16-6-2-10-21-16)19(9-7-15-5-3-11-22-15)13-14-4-1-8-18-12-14/h1-6,8,10-12H,7,9,13H2. The molecule has 0 bridgehead atoms. The second kappa shape index (κ2) is 7.04. The van der Waals surface area contributed by atoms with Gasteiger partial charge in [0.2, 0.25) is 0 Å². The summed E-state index contributed by atoms with van der Waals surface area (Å²) in [6.45, 7) is 1.17. The second-order valence-corrected chi connectivity index (χ2v) is 5.93. The van der Waals surface area contributed by atoms with Crippen LogP contribution in [0, 0.1) is 0 Å². The van der Waals surface area contributed by atoms with Crippen molar-refractivity contribution in [1.29, 1.82) is 0 Å². The van der Waals surface area contributed by atoms with E-state index in [2.05, 4.69) is 16.4 Å². The monoisotopic (exact) mass is 312 g/mol. The number of aromatic nitrogens is 1. The molecule has 4 nitrogen and oxygen atoms in total. The summed E-state index contributed by atoms with van der Waals surface area (Å²) in [5.74, 6) is 0.278. The molecule has 22 heavy (non-hydrogen) atoms. The van der Waals surface area contributed by atoms with Crippen molar-refractivity contribution in [1.82, 2.24) is 9.88 Å². The fraction of sp³-hybridized carbons (Fsp3) is 0.176. The topological polar surface area (TPSA) is 46.3 Å². The van der Waals surface area contributed by atoms with Crippen LogP contribution >= 0.6 is 11.3 Å². The predicted molar refractivity (Wildman–Crippen MR) is 85.7 cm³/mol. The quantitative estimate of drug-likeness (QED) is 0.698. The van der Waals surface area contributed by atoms with E-state index >= 15 is 0 Å². The zero-order chi connectivity index (χ0) is 15.2. The minimum absolute atomic E-state index is 0.0922. The van der Waals surface area contributed by atoms with E-state index in [0.717, 1.165) is 12.0 Å². The van der Waals surface area contributed by atoms with Gasteiger partial charge >= 0.3 is 0 Å². The van der Waals surface area contributed by atoms with Gasteiger partial charge in [-0.15, -0.1) is 11.3 Å². The average Bonchev–Trinajstić information content (AvgIpc) is 3.25. The average molecular weight is 312 g/mol. The SMILES string of the molecule is O=C(c1ccco1)N(CCc1cccs1)Cc1cccnc1. The zero-order valence-corrected chi connectivity index (χ0v) is 12.8. The summed E-state index contributed by atoms with van der Waals surface area (Å²) in [4.78, 5) is 19.8. The van der Waals surface area contributed by atoms with Gasteiger partial charge in [0.05, 0.1) is 6.26 Å². The van der Waals surface area contributed by atoms with Crippen LogP contribution in [0.3, 0.4) is 0 Å². The minimum Gasteiger partial charge on any atom is -0.459 e. The Bertz CT molecular complexity index is 694. The van der Waals surface area contributed by atoms with Gasteiger partial charge in [-0.1, -0.05) is 12.1 Å². The molecule has 5 heteroatoms. The number of carbonyl (C=O) groups is 1. The van der Waals surface area contributed by atoms with Gasteiger partial charge in [0.15, 0.2) is 5.76 Å². The highest BCUT2D eigenvalue weighted by Gasteiger charge is 2.18. The summed E-state index contributed by atoms with van der Waals surface area (Å²) in [5.41, 5.74) is 1.01. The third-order valence-corrected chi connectivity index (χ3v) is 4.26. The number of hydrogen-bond acceptors (Lipinski definition) is 4. The van der Waals surface area contributed by atoms with Gasteiger partial charge in [-0.05, 0) is 41.6 Å². The molecule has 1 amide bonds. The smallest absolute Gasteiger partial charge is 0.289 e. The summed E-state index contributed by atoms with van der Waals surface area (Å²) < 4.78 is 5.25. The van der Waals surface area contributed by atoms with E-state index in [9.17, 15) is 4.79 Å². The van der Waals surface area contributed by atoms with Gasteiger partial charge < -0.3 is 9.32 Å². The van der Waals surface area contributed by atoms with E-state index < -0.39 is 0 Å². The largest absolute Gasteiger partial charge is 0.459 e. The van der Waals surface area contributed by atoms with Crippen LogP contribution in [-0.2, 0) is 13.0 Å². The Morgan fingerprint density at radius 3 is 2.86 bits per heavy atom. The van der Waals surface area contributed by atoms with Crippen molar-refractivity contribution in [3.63, 3.8) is 0 Å². The van der Waals surface area contributed by atoms with E-state index in [4.69, 9.17) is 4.42 Å². The van der Waals surface area contributed by atoms with Gasteiger partial charge in [-0.2, -0.15) is 0 Å². The lowest BCUT2D eigenvalue weighted by molar-refractivity contribution is 0.0713. The normalized spacial score (nSPS) is 10.5. The van der Waals surface area contributed by atoms with Crippen LogP contribution in [0.4, 0.5) is 0 Å². The molecule has 0 atom stereocenters.